The van der Waals surface area contributed by atoms with Crippen molar-refractivity contribution < 1.29 is 32.3 Å². The Morgan fingerprint density at radius 3 is 2.39 bits per heavy atom. The van der Waals surface area contributed by atoms with E-state index in [9.17, 15) is 10.2 Å². The maximum Gasteiger partial charge on any atom is 0.168 e. The number of hydrogen-bond donors (Lipinski definition) is 3. The van der Waals surface area contributed by atoms with Gasteiger partial charge in [-0.15, -0.1) is 0 Å². The van der Waals surface area contributed by atoms with Crippen molar-refractivity contribution in [3.63, 3.8) is 0 Å². The average molecular weight is 274 g/mol. The monoisotopic (exact) mass is 273 g/mol. The molecule has 1 aromatic carbocycles. The molecule has 0 radical (unpaired) electrons. The van der Waals surface area contributed by atoms with E-state index < -0.39 is 5.54 Å². The molecule has 1 saturated heterocycles. The van der Waals surface area contributed by atoms with Crippen molar-refractivity contribution in [2.75, 3.05) is 33.4 Å². The van der Waals surface area contributed by atoms with Gasteiger partial charge >= 0.3 is 0 Å². The van der Waals surface area contributed by atoms with Gasteiger partial charge in [-0.05, 0) is 5.56 Å². The summed E-state index contributed by atoms with van der Waals surface area (Å²) >= 11 is 0. The molecule has 0 saturated carbocycles. The third kappa shape index (κ3) is 2.84. The fourth-order valence-electron chi connectivity index (χ4n) is 2.23. The molecule has 1 aliphatic rings. The first-order chi connectivity index (χ1) is 8.22. The van der Waals surface area contributed by atoms with Gasteiger partial charge in [-0.3, -0.25) is 0 Å². The second-order valence-corrected chi connectivity index (χ2v) is 4.79. The highest BCUT2D eigenvalue weighted by molar-refractivity contribution is 5.17. The lowest BCUT2D eigenvalue weighted by Gasteiger charge is -2.42. The largest absolute Gasteiger partial charge is 1.00 e. The van der Waals surface area contributed by atoms with Crippen LogP contribution in [0.15, 0.2) is 30.3 Å². The van der Waals surface area contributed by atoms with E-state index in [-0.39, 0.29) is 31.7 Å². The highest BCUT2D eigenvalue weighted by atomic mass is 35.5. The minimum absolute atomic E-state index is 0. The lowest BCUT2D eigenvalue weighted by Crippen LogP contribution is -3.21. The number of ether oxygens (including phenoxy) is 1. The molecule has 2 atom stereocenters. The van der Waals surface area contributed by atoms with E-state index in [2.05, 4.69) is 0 Å². The summed E-state index contributed by atoms with van der Waals surface area (Å²) in [5, 5.41) is 18.8. The van der Waals surface area contributed by atoms with E-state index in [0.717, 1.165) is 17.0 Å². The van der Waals surface area contributed by atoms with Crippen molar-refractivity contribution >= 4 is 0 Å². The van der Waals surface area contributed by atoms with E-state index >= 15 is 0 Å². The molecule has 2 unspecified atom stereocenters. The van der Waals surface area contributed by atoms with Crippen LogP contribution in [0.4, 0.5) is 0 Å². The summed E-state index contributed by atoms with van der Waals surface area (Å²) in [7, 11) is 1.99. The SMILES string of the molecule is C[NH+]1CC(c2ccccc2)OCC1(CO)CO.[Cl-]. The Labute approximate surface area is 114 Å². The summed E-state index contributed by atoms with van der Waals surface area (Å²) in [6.45, 7) is 1.02. The minimum atomic E-state index is -0.564. The second-order valence-electron chi connectivity index (χ2n) is 4.79. The molecule has 1 heterocycles. The molecule has 1 aliphatic heterocycles. The first-order valence-electron chi connectivity index (χ1n) is 5.93. The minimum Gasteiger partial charge on any atom is -1.00 e. The number of aliphatic hydroxyl groups is 2. The van der Waals surface area contributed by atoms with Gasteiger partial charge in [0, 0.05) is 0 Å². The van der Waals surface area contributed by atoms with Crippen LogP contribution in [0.1, 0.15) is 11.7 Å². The summed E-state index contributed by atoms with van der Waals surface area (Å²) in [6.07, 6.45) is 0.0439. The topological polar surface area (TPSA) is 54.1 Å². The molecule has 1 aromatic rings. The zero-order valence-corrected chi connectivity index (χ0v) is 11.2. The van der Waals surface area contributed by atoms with Gasteiger partial charge in [0.2, 0.25) is 0 Å². The smallest absolute Gasteiger partial charge is 0.168 e. The average Bonchev–Trinajstić information content (AvgIpc) is 2.40. The molecule has 2 rings (SSSR count). The summed E-state index contributed by atoms with van der Waals surface area (Å²) in [4.78, 5) is 1.11. The van der Waals surface area contributed by atoms with Gasteiger partial charge in [0.15, 0.2) is 5.54 Å². The lowest BCUT2D eigenvalue weighted by molar-refractivity contribution is -0.949. The zero-order chi connectivity index (χ0) is 12.3. The van der Waals surface area contributed by atoms with Crippen molar-refractivity contribution in [2.24, 2.45) is 0 Å². The van der Waals surface area contributed by atoms with Crippen LogP contribution in [0.5, 0.6) is 0 Å². The van der Waals surface area contributed by atoms with Gasteiger partial charge in [0.1, 0.15) is 32.5 Å². The van der Waals surface area contributed by atoms with Crippen LogP contribution >= 0.6 is 0 Å². The quantitative estimate of drug-likeness (QED) is 0.526. The molecule has 102 valence electrons. The normalized spacial score (nSPS) is 26.4. The van der Waals surface area contributed by atoms with Crippen LogP contribution in [0.3, 0.4) is 0 Å². The molecule has 0 aliphatic carbocycles. The van der Waals surface area contributed by atoms with Crippen molar-refractivity contribution in [3.05, 3.63) is 35.9 Å². The standard InChI is InChI=1S/C13H19NO3.ClH/c1-14-7-12(11-5-3-2-4-6-11)17-10-13(14,8-15)9-16;/h2-6,12,15-16H,7-10H2,1H3;1H. The summed E-state index contributed by atoms with van der Waals surface area (Å²) in [5.74, 6) is 0. The van der Waals surface area contributed by atoms with Crippen molar-refractivity contribution in [1.29, 1.82) is 0 Å². The van der Waals surface area contributed by atoms with Crippen molar-refractivity contribution in [3.8, 4) is 0 Å². The molecule has 3 N–H and O–H groups in total. The molecule has 0 amide bonds. The van der Waals surface area contributed by atoms with Crippen LogP contribution < -0.4 is 17.3 Å². The number of likely N-dealkylation sites (N-methyl/N-ethyl adjacent to an activating group) is 1. The Morgan fingerprint density at radius 2 is 1.89 bits per heavy atom. The van der Waals surface area contributed by atoms with Crippen LogP contribution in [-0.2, 0) is 4.74 Å². The Kier molecular flexibility index (Phi) is 5.56. The highest BCUT2D eigenvalue weighted by Gasteiger charge is 2.44. The number of benzene rings is 1. The molecule has 0 aromatic heterocycles. The molecular formula is C13H20ClNO3. The number of nitrogens with one attached hydrogen (secondary N) is 1. The molecule has 4 nitrogen and oxygen atoms in total. The van der Waals surface area contributed by atoms with Gasteiger partial charge in [-0.25, -0.2) is 0 Å². The summed E-state index contributed by atoms with van der Waals surface area (Å²) in [5.41, 5.74) is 0.585. The third-order valence-electron chi connectivity index (χ3n) is 3.73. The molecule has 5 heteroatoms. The first-order valence-corrected chi connectivity index (χ1v) is 5.93. The third-order valence-corrected chi connectivity index (χ3v) is 3.73. The fraction of sp³-hybridized carbons (Fsp3) is 0.538. The Morgan fingerprint density at radius 1 is 1.28 bits per heavy atom. The van der Waals surface area contributed by atoms with Crippen LogP contribution in [0.25, 0.3) is 0 Å². The van der Waals surface area contributed by atoms with Crippen molar-refractivity contribution in [1.82, 2.24) is 0 Å². The van der Waals surface area contributed by atoms with E-state index in [0.29, 0.717) is 6.61 Å². The zero-order valence-electron chi connectivity index (χ0n) is 10.5. The maximum absolute atomic E-state index is 9.41. The van der Waals surface area contributed by atoms with Crippen molar-refractivity contribution in [2.45, 2.75) is 11.6 Å². The van der Waals surface area contributed by atoms with E-state index in [1.54, 1.807) is 0 Å². The van der Waals surface area contributed by atoms with E-state index in [1.165, 1.54) is 0 Å². The van der Waals surface area contributed by atoms with Gasteiger partial charge in [0.25, 0.3) is 0 Å². The molecule has 0 spiro atoms. The lowest BCUT2D eigenvalue weighted by atomic mass is 9.96. The molecule has 0 bridgehead atoms. The Balaban J connectivity index is 0.00000162. The molecule has 18 heavy (non-hydrogen) atoms. The number of rotatable bonds is 3. The number of hydrogen-bond acceptors (Lipinski definition) is 3. The number of aliphatic hydroxyl groups excluding tert-OH is 2. The number of halogens is 1. The highest BCUT2D eigenvalue weighted by Crippen LogP contribution is 2.20. The Bertz CT molecular complexity index is 357. The van der Waals surface area contributed by atoms with Gasteiger partial charge in [-0.1, -0.05) is 30.3 Å². The summed E-state index contributed by atoms with van der Waals surface area (Å²) < 4.78 is 5.79. The Hall–Kier alpha value is -0.650. The predicted octanol–water partition coefficient (Wildman–Crippen LogP) is -4.00. The fourth-order valence-corrected chi connectivity index (χ4v) is 2.23. The van der Waals surface area contributed by atoms with Crippen LogP contribution in [0.2, 0.25) is 0 Å². The summed E-state index contributed by atoms with van der Waals surface area (Å²) in [6, 6.07) is 10.1. The van der Waals surface area contributed by atoms with Gasteiger partial charge in [-0.2, -0.15) is 0 Å². The predicted molar refractivity (Wildman–Crippen MR) is 63.8 cm³/mol. The molecule has 1 fully saturated rings. The second kappa shape index (κ2) is 6.50. The van der Waals surface area contributed by atoms with E-state index in [1.807, 2.05) is 37.4 Å². The molecular weight excluding hydrogens is 254 g/mol. The van der Waals surface area contributed by atoms with Gasteiger partial charge < -0.3 is 32.3 Å². The van der Waals surface area contributed by atoms with E-state index in [4.69, 9.17) is 4.74 Å². The number of quaternary nitrogens is 1. The maximum atomic E-state index is 9.41. The number of morpholine rings is 1. The van der Waals surface area contributed by atoms with Gasteiger partial charge in [0.05, 0.1) is 7.05 Å². The first kappa shape index (κ1) is 15.4. The van der Waals surface area contributed by atoms with Crippen LogP contribution in [-0.4, -0.2) is 49.2 Å². The van der Waals surface area contributed by atoms with Crippen LogP contribution in [0, 0.1) is 0 Å².